The number of nitrogens with zero attached hydrogens (tertiary/aromatic N) is 2. The van der Waals surface area contributed by atoms with Crippen molar-refractivity contribution >= 4 is 17.2 Å². The number of amides is 1. The Morgan fingerprint density at radius 2 is 2.15 bits per heavy atom. The van der Waals surface area contributed by atoms with Crippen molar-refractivity contribution in [2.75, 3.05) is 6.54 Å². The molecule has 0 saturated heterocycles. The van der Waals surface area contributed by atoms with Gasteiger partial charge < -0.3 is 9.73 Å². The van der Waals surface area contributed by atoms with Crippen molar-refractivity contribution < 1.29 is 9.21 Å². The van der Waals surface area contributed by atoms with Crippen LogP contribution in [0.15, 0.2) is 44.9 Å². The quantitative estimate of drug-likeness (QED) is 0.693. The summed E-state index contributed by atoms with van der Waals surface area (Å²) in [6, 6.07) is 9.67. The summed E-state index contributed by atoms with van der Waals surface area (Å²) in [5.41, 5.74) is 1.26. The number of aromatic nitrogens is 2. The van der Waals surface area contributed by atoms with Gasteiger partial charge in [0, 0.05) is 37.3 Å². The molecule has 0 spiro atoms. The number of hydrogen-bond donors (Lipinski definition) is 1. The SMILES string of the molecule is Cc1cc(C)n(CCNC(=O)CCc2ccc(-c3cccs3)o2)c(=O)n1. The molecule has 0 aliphatic heterocycles. The van der Waals surface area contributed by atoms with E-state index in [1.165, 1.54) is 0 Å². The van der Waals surface area contributed by atoms with E-state index in [2.05, 4.69) is 10.3 Å². The van der Waals surface area contributed by atoms with Crippen LogP contribution in [-0.2, 0) is 17.8 Å². The molecular formula is C19H21N3O3S. The zero-order valence-electron chi connectivity index (χ0n) is 14.8. The lowest BCUT2D eigenvalue weighted by molar-refractivity contribution is -0.121. The van der Waals surface area contributed by atoms with Crippen LogP contribution in [0.25, 0.3) is 10.6 Å². The fourth-order valence-electron chi connectivity index (χ4n) is 2.74. The van der Waals surface area contributed by atoms with Crippen molar-refractivity contribution in [1.29, 1.82) is 0 Å². The number of furan rings is 1. The van der Waals surface area contributed by atoms with Crippen molar-refractivity contribution in [3.8, 4) is 10.6 Å². The summed E-state index contributed by atoms with van der Waals surface area (Å²) in [5.74, 6) is 1.56. The van der Waals surface area contributed by atoms with Gasteiger partial charge in [-0.25, -0.2) is 4.79 Å². The minimum atomic E-state index is -0.284. The highest BCUT2D eigenvalue weighted by Crippen LogP contribution is 2.26. The maximum absolute atomic E-state index is 12.0. The lowest BCUT2D eigenvalue weighted by atomic mass is 10.2. The van der Waals surface area contributed by atoms with Crippen LogP contribution in [0.4, 0.5) is 0 Å². The highest BCUT2D eigenvalue weighted by molar-refractivity contribution is 7.13. The molecule has 1 amide bonds. The number of hydrogen-bond acceptors (Lipinski definition) is 5. The Kier molecular flexibility index (Phi) is 5.68. The third-order valence-electron chi connectivity index (χ3n) is 4.03. The first-order valence-corrected chi connectivity index (χ1v) is 9.35. The summed E-state index contributed by atoms with van der Waals surface area (Å²) in [7, 11) is 0. The van der Waals surface area contributed by atoms with E-state index in [4.69, 9.17) is 4.42 Å². The van der Waals surface area contributed by atoms with Gasteiger partial charge >= 0.3 is 5.69 Å². The number of nitrogens with one attached hydrogen (secondary N) is 1. The highest BCUT2D eigenvalue weighted by atomic mass is 32.1. The normalized spacial score (nSPS) is 10.8. The molecular weight excluding hydrogens is 350 g/mol. The molecule has 0 fully saturated rings. The number of aryl methyl sites for hydroxylation is 3. The van der Waals surface area contributed by atoms with Gasteiger partial charge in [-0.2, -0.15) is 4.98 Å². The number of carbonyl (C=O) groups is 1. The lowest BCUT2D eigenvalue weighted by Crippen LogP contribution is -2.33. The Hall–Kier alpha value is -2.67. The van der Waals surface area contributed by atoms with Gasteiger partial charge in [0.25, 0.3) is 0 Å². The molecule has 0 saturated carbocycles. The van der Waals surface area contributed by atoms with Crippen molar-refractivity contribution in [3.05, 3.63) is 63.3 Å². The first-order valence-electron chi connectivity index (χ1n) is 8.47. The molecule has 26 heavy (non-hydrogen) atoms. The molecule has 1 N–H and O–H groups in total. The lowest BCUT2D eigenvalue weighted by Gasteiger charge is -2.10. The topological polar surface area (TPSA) is 77.1 Å². The standard InChI is InChI=1S/C19H21N3O3S/c1-13-12-14(2)22(19(24)21-13)10-9-20-18(23)8-6-15-5-7-16(25-15)17-4-3-11-26-17/h3-5,7,11-12H,6,8-10H2,1-2H3,(H,20,23). The molecule has 7 heteroatoms. The Labute approximate surface area is 155 Å². The van der Waals surface area contributed by atoms with Gasteiger partial charge in [0.1, 0.15) is 11.5 Å². The van der Waals surface area contributed by atoms with Crippen LogP contribution in [0, 0.1) is 13.8 Å². The van der Waals surface area contributed by atoms with E-state index in [0.29, 0.717) is 31.6 Å². The van der Waals surface area contributed by atoms with Crippen LogP contribution in [-0.4, -0.2) is 22.0 Å². The molecule has 3 aromatic rings. The van der Waals surface area contributed by atoms with E-state index in [1.807, 2.05) is 42.6 Å². The number of carbonyl (C=O) groups excluding carboxylic acids is 1. The van der Waals surface area contributed by atoms with Crippen LogP contribution in [0.3, 0.4) is 0 Å². The molecule has 3 heterocycles. The van der Waals surface area contributed by atoms with Gasteiger partial charge in [-0.05, 0) is 43.5 Å². The summed E-state index contributed by atoms with van der Waals surface area (Å²) in [6.07, 6.45) is 0.889. The van der Waals surface area contributed by atoms with E-state index in [0.717, 1.165) is 22.1 Å². The second-order valence-corrected chi connectivity index (χ2v) is 7.01. The molecule has 3 rings (SSSR count). The average molecular weight is 371 g/mol. The molecule has 0 atom stereocenters. The van der Waals surface area contributed by atoms with Crippen LogP contribution in [0.5, 0.6) is 0 Å². The minimum absolute atomic E-state index is 0.0650. The molecule has 136 valence electrons. The Morgan fingerprint density at radius 3 is 2.88 bits per heavy atom. The molecule has 0 bridgehead atoms. The van der Waals surface area contributed by atoms with E-state index >= 15 is 0 Å². The van der Waals surface area contributed by atoms with Gasteiger partial charge in [0.05, 0.1) is 4.88 Å². The third kappa shape index (κ3) is 4.49. The summed E-state index contributed by atoms with van der Waals surface area (Å²) >= 11 is 1.62. The predicted octanol–water partition coefficient (Wildman–Crippen LogP) is 2.93. The van der Waals surface area contributed by atoms with E-state index in [-0.39, 0.29) is 11.6 Å². The first-order chi connectivity index (χ1) is 12.5. The summed E-state index contributed by atoms with van der Waals surface area (Å²) in [6.45, 7) is 4.45. The monoisotopic (exact) mass is 371 g/mol. The second kappa shape index (κ2) is 8.14. The zero-order chi connectivity index (χ0) is 18.5. The third-order valence-corrected chi connectivity index (χ3v) is 4.91. The van der Waals surface area contributed by atoms with E-state index in [1.54, 1.807) is 22.8 Å². The van der Waals surface area contributed by atoms with E-state index < -0.39 is 0 Å². The van der Waals surface area contributed by atoms with Gasteiger partial charge in [0.2, 0.25) is 5.91 Å². The van der Waals surface area contributed by atoms with Crippen molar-refractivity contribution in [3.63, 3.8) is 0 Å². The molecule has 0 aliphatic rings. The largest absolute Gasteiger partial charge is 0.460 e. The summed E-state index contributed by atoms with van der Waals surface area (Å²) in [5, 5.41) is 4.84. The highest BCUT2D eigenvalue weighted by Gasteiger charge is 2.09. The van der Waals surface area contributed by atoms with Gasteiger partial charge in [-0.1, -0.05) is 6.07 Å². The van der Waals surface area contributed by atoms with Crippen molar-refractivity contribution in [2.24, 2.45) is 0 Å². The minimum Gasteiger partial charge on any atom is -0.460 e. The van der Waals surface area contributed by atoms with Crippen LogP contribution in [0.1, 0.15) is 23.6 Å². The fourth-order valence-corrected chi connectivity index (χ4v) is 3.43. The molecule has 0 unspecified atom stereocenters. The van der Waals surface area contributed by atoms with Crippen molar-refractivity contribution in [1.82, 2.24) is 14.9 Å². The number of rotatable bonds is 7. The molecule has 6 nitrogen and oxygen atoms in total. The second-order valence-electron chi connectivity index (χ2n) is 6.07. The Balaban J connectivity index is 1.46. The van der Waals surface area contributed by atoms with Crippen LogP contribution < -0.4 is 11.0 Å². The maximum atomic E-state index is 12.0. The smallest absolute Gasteiger partial charge is 0.348 e. The van der Waals surface area contributed by atoms with Crippen LogP contribution >= 0.6 is 11.3 Å². The summed E-state index contributed by atoms with van der Waals surface area (Å²) < 4.78 is 7.33. The maximum Gasteiger partial charge on any atom is 0.348 e. The Morgan fingerprint density at radius 1 is 1.31 bits per heavy atom. The molecule has 3 aromatic heterocycles. The molecule has 0 radical (unpaired) electrons. The van der Waals surface area contributed by atoms with Crippen LogP contribution in [0.2, 0.25) is 0 Å². The van der Waals surface area contributed by atoms with Gasteiger partial charge in [-0.15, -0.1) is 11.3 Å². The fraction of sp³-hybridized carbons (Fsp3) is 0.316. The molecule has 0 aliphatic carbocycles. The first kappa shape index (κ1) is 18.1. The van der Waals surface area contributed by atoms with E-state index in [9.17, 15) is 9.59 Å². The average Bonchev–Trinajstić information content (AvgIpc) is 3.26. The van der Waals surface area contributed by atoms with Gasteiger partial charge in [0.15, 0.2) is 0 Å². The summed E-state index contributed by atoms with van der Waals surface area (Å²) in [4.78, 5) is 28.9. The zero-order valence-corrected chi connectivity index (χ0v) is 15.6. The van der Waals surface area contributed by atoms with Crippen molar-refractivity contribution in [2.45, 2.75) is 33.2 Å². The predicted molar refractivity (Wildman–Crippen MR) is 101 cm³/mol. The number of thiophene rings is 1. The van der Waals surface area contributed by atoms with Gasteiger partial charge in [-0.3, -0.25) is 9.36 Å². The molecule has 0 aromatic carbocycles. The Bertz CT molecular complexity index is 941.